The van der Waals surface area contributed by atoms with Crippen LogP contribution < -0.4 is 5.32 Å². The van der Waals surface area contributed by atoms with E-state index in [1.165, 1.54) is 5.56 Å². The van der Waals surface area contributed by atoms with E-state index >= 15 is 0 Å². The molecule has 1 aromatic carbocycles. The van der Waals surface area contributed by atoms with Gasteiger partial charge in [0.05, 0.1) is 17.9 Å². The Bertz CT molecular complexity index is 842. The lowest BCUT2D eigenvalue weighted by Gasteiger charge is -2.35. The van der Waals surface area contributed by atoms with E-state index in [2.05, 4.69) is 31.1 Å². The molecule has 4 rings (SSSR count). The van der Waals surface area contributed by atoms with Crippen molar-refractivity contribution in [2.24, 2.45) is 7.05 Å². The lowest BCUT2D eigenvalue weighted by atomic mass is 10.1. The van der Waals surface area contributed by atoms with Crippen molar-refractivity contribution in [3.63, 3.8) is 0 Å². The van der Waals surface area contributed by atoms with Gasteiger partial charge in [-0.15, -0.1) is 12.4 Å². The number of hydrogen-bond donors (Lipinski definition) is 1. The number of rotatable bonds is 4. The van der Waals surface area contributed by atoms with Gasteiger partial charge in [-0.2, -0.15) is 5.10 Å². The van der Waals surface area contributed by atoms with Crippen LogP contribution in [0.4, 0.5) is 0 Å². The van der Waals surface area contributed by atoms with Crippen LogP contribution in [0.25, 0.3) is 5.69 Å². The largest absolute Gasteiger partial charge is 0.337 e. The number of imidazole rings is 1. The van der Waals surface area contributed by atoms with Gasteiger partial charge < -0.3 is 9.88 Å². The first-order valence-electron chi connectivity index (χ1n) is 8.42. The molecule has 3 heterocycles. The Balaban J connectivity index is 0.00000196. The maximum atomic E-state index is 5.96. The lowest BCUT2D eigenvalue weighted by Crippen LogP contribution is -2.46. The monoisotopic (exact) mass is 392 g/mol. The van der Waals surface area contributed by atoms with Gasteiger partial charge in [-0.05, 0) is 24.3 Å². The number of halogens is 2. The highest BCUT2D eigenvalue weighted by molar-refractivity contribution is 6.30. The van der Waals surface area contributed by atoms with Crippen LogP contribution in [0.1, 0.15) is 17.4 Å². The van der Waals surface area contributed by atoms with E-state index in [1.807, 2.05) is 54.6 Å². The normalized spacial score (nSPS) is 17.8. The predicted molar refractivity (Wildman–Crippen MR) is 105 cm³/mol. The minimum atomic E-state index is 0. The van der Waals surface area contributed by atoms with Crippen molar-refractivity contribution in [3.8, 4) is 5.69 Å². The molecule has 138 valence electrons. The van der Waals surface area contributed by atoms with Gasteiger partial charge in [0, 0.05) is 62.4 Å². The van der Waals surface area contributed by atoms with Gasteiger partial charge in [-0.1, -0.05) is 11.6 Å². The lowest BCUT2D eigenvalue weighted by molar-refractivity contribution is 0.144. The molecule has 8 heteroatoms. The van der Waals surface area contributed by atoms with E-state index in [4.69, 9.17) is 11.6 Å². The van der Waals surface area contributed by atoms with Crippen LogP contribution in [0, 0.1) is 0 Å². The minimum Gasteiger partial charge on any atom is -0.337 e. The Kier molecular flexibility index (Phi) is 5.98. The molecule has 1 unspecified atom stereocenters. The van der Waals surface area contributed by atoms with Crippen LogP contribution in [-0.4, -0.2) is 43.9 Å². The molecule has 0 bridgehead atoms. The number of benzene rings is 1. The van der Waals surface area contributed by atoms with Gasteiger partial charge in [-0.25, -0.2) is 9.67 Å². The Morgan fingerprint density at radius 1 is 1.27 bits per heavy atom. The summed E-state index contributed by atoms with van der Waals surface area (Å²) in [5.74, 6) is 1.09. The molecule has 0 spiro atoms. The van der Waals surface area contributed by atoms with Gasteiger partial charge in [0.1, 0.15) is 5.82 Å². The van der Waals surface area contributed by atoms with Crippen LogP contribution >= 0.6 is 24.0 Å². The Morgan fingerprint density at radius 2 is 2.08 bits per heavy atom. The second-order valence-corrected chi connectivity index (χ2v) is 6.79. The van der Waals surface area contributed by atoms with Crippen LogP contribution in [0.3, 0.4) is 0 Å². The number of nitrogens with zero attached hydrogens (tertiary/aromatic N) is 5. The first-order chi connectivity index (χ1) is 12.2. The zero-order chi connectivity index (χ0) is 17.2. The summed E-state index contributed by atoms with van der Waals surface area (Å²) >= 11 is 5.96. The standard InChI is InChI=1S/C18H21ClN6.ClH/c1-23-8-7-21-18(23)17-11-20-6-9-24(17)12-14-10-22-25(13-14)16-4-2-15(19)3-5-16;/h2-5,7-8,10,13,17,20H,6,9,11-12H2,1H3;1H. The number of hydrogen-bond acceptors (Lipinski definition) is 4. The fourth-order valence-electron chi connectivity index (χ4n) is 3.30. The minimum absolute atomic E-state index is 0. The third-order valence-corrected chi connectivity index (χ3v) is 4.88. The average Bonchev–Trinajstić information content (AvgIpc) is 3.25. The SMILES string of the molecule is Cl.Cn1ccnc1C1CNCCN1Cc1cnn(-c2ccc(Cl)cc2)c1. The molecular weight excluding hydrogens is 371 g/mol. The Hall–Kier alpha value is -1.86. The molecule has 26 heavy (non-hydrogen) atoms. The molecule has 0 aliphatic carbocycles. The average molecular weight is 393 g/mol. The van der Waals surface area contributed by atoms with Crippen molar-refractivity contribution >= 4 is 24.0 Å². The smallest absolute Gasteiger partial charge is 0.127 e. The summed E-state index contributed by atoms with van der Waals surface area (Å²) in [7, 11) is 2.05. The molecule has 0 radical (unpaired) electrons. The summed E-state index contributed by atoms with van der Waals surface area (Å²) in [4.78, 5) is 7.00. The third kappa shape index (κ3) is 3.94. The third-order valence-electron chi connectivity index (χ3n) is 4.62. The number of aryl methyl sites for hydroxylation is 1. The number of nitrogens with one attached hydrogen (secondary N) is 1. The molecular formula is C18H22Cl2N6. The molecule has 0 amide bonds. The Labute approximate surface area is 164 Å². The molecule has 1 aliphatic rings. The highest BCUT2D eigenvalue weighted by atomic mass is 35.5. The van der Waals surface area contributed by atoms with Crippen molar-refractivity contribution < 1.29 is 0 Å². The molecule has 1 aliphatic heterocycles. The zero-order valence-corrected chi connectivity index (χ0v) is 16.1. The molecule has 1 fully saturated rings. The first-order valence-corrected chi connectivity index (χ1v) is 8.80. The Morgan fingerprint density at radius 3 is 2.81 bits per heavy atom. The van der Waals surface area contributed by atoms with Crippen molar-refractivity contribution in [3.05, 3.63) is 65.5 Å². The van der Waals surface area contributed by atoms with E-state index in [0.29, 0.717) is 0 Å². The van der Waals surface area contributed by atoms with Crippen molar-refractivity contribution in [1.29, 1.82) is 0 Å². The molecule has 3 aromatic rings. The van der Waals surface area contributed by atoms with E-state index in [0.717, 1.165) is 42.7 Å². The fraction of sp³-hybridized carbons (Fsp3) is 0.333. The molecule has 1 saturated heterocycles. The van der Waals surface area contributed by atoms with Crippen molar-refractivity contribution in [2.75, 3.05) is 19.6 Å². The van der Waals surface area contributed by atoms with E-state index in [-0.39, 0.29) is 18.4 Å². The quantitative estimate of drug-likeness (QED) is 0.741. The molecule has 2 aromatic heterocycles. The molecule has 1 atom stereocenters. The summed E-state index contributed by atoms with van der Waals surface area (Å²) in [5, 5.41) is 8.70. The summed E-state index contributed by atoms with van der Waals surface area (Å²) in [6, 6.07) is 7.98. The van der Waals surface area contributed by atoms with Crippen LogP contribution in [0.15, 0.2) is 49.1 Å². The summed E-state index contributed by atoms with van der Waals surface area (Å²) in [6.45, 7) is 3.75. The van der Waals surface area contributed by atoms with Crippen LogP contribution in [-0.2, 0) is 13.6 Å². The van der Waals surface area contributed by atoms with Crippen LogP contribution in [0.2, 0.25) is 5.02 Å². The summed E-state index contributed by atoms with van der Waals surface area (Å²) < 4.78 is 3.99. The maximum absolute atomic E-state index is 5.96. The molecule has 0 saturated carbocycles. The van der Waals surface area contributed by atoms with E-state index in [9.17, 15) is 0 Å². The second kappa shape index (κ2) is 8.22. The summed E-state index contributed by atoms with van der Waals surface area (Å²) in [6.07, 6.45) is 7.88. The molecule has 1 N–H and O–H groups in total. The van der Waals surface area contributed by atoms with Crippen LogP contribution in [0.5, 0.6) is 0 Å². The number of piperazine rings is 1. The predicted octanol–water partition coefficient (Wildman–Crippen LogP) is 2.83. The maximum Gasteiger partial charge on any atom is 0.127 e. The van der Waals surface area contributed by atoms with Gasteiger partial charge >= 0.3 is 0 Å². The van der Waals surface area contributed by atoms with Gasteiger partial charge in [0.2, 0.25) is 0 Å². The van der Waals surface area contributed by atoms with Gasteiger partial charge in [0.25, 0.3) is 0 Å². The highest BCUT2D eigenvalue weighted by Crippen LogP contribution is 2.23. The highest BCUT2D eigenvalue weighted by Gasteiger charge is 2.27. The first kappa shape index (κ1) is 18.9. The second-order valence-electron chi connectivity index (χ2n) is 6.36. The number of aromatic nitrogens is 4. The molecule has 6 nitrogen and oxygen atoms in total. The van der Waals surface area contributed by atoms with E-state index < -0.39 is 0 Å². The van der Waals surface area contributed by atoms with Crippen molar-refractivity contribution in [2.45, 2.75) is 12.6 Å². The van der Waals surface area contributed by atoms with Crippen molar-refractivity contribution in [1.82, 2.24) is 29.5 Å². The van der Waals surface area contributed by atoms with Gasteiger partial charge in [-0.3, -0.25) is 4.90 Å². The van der Waals surface area contributed by atoms with Gasteiger partial charge in [0.15, 0.2) is 0 Å². The zero-order valence-electron chi connectivity index (χ0n) is 14.5. The summed E-state index contributed by atoms with van der Waals surface area (Å²) in [5.41, 5.74) is 2.20. The topological polar surface area (TPSA) is 50.9 Å². The van der Waals surface area contributed by atoms with E-state index in [1.54, 1.807) is 0 Å². The fourth-order valence-corrected chi connectivity index (χ4v) is 3.43.